The van der Waals surface area contributed by atoms with Gasteiger partial charge in [-0.25, -0.2) is 19.6 Å². The Labute approximate surface area is 320 Å². The highest BCUT2D eigenvalue weighted by Gasteiger charge is 2.40. The van der Waals surface area contributed by atoms with E-state index in [2.05, 4.69) is 68.8 Å². The minimum Gasteiger partial charge on any atom is -0.453 e. The van der Waals surface area contributed by atoms with Crippen molar-refractivity contribution in [2.75, 3.05) is 20.2 Å². The van der Waals surface area contributed by atoms with Crippen molar-refractivity contribution < 1.29 is 28.7 Å². The molecule has 4 aromatic rings. The zero-order valence-corrected chi connectivity index (χ0v) is 31.6. The normalized spacial score (nSPS) is 22.0. The van der Waals surface area contributed by atoms with E-state index in [0.29, 0.717) is 31.8 Å². The van der Waals surface area contributed by atoms with Crippen LogP contribution in [0, 0.1) is 11.8 Å². The van der Waals surface area contributed by atoms with Crippen molar-refractivity contribution in [3.05, 3.63) is 72.6 Å². The fraction of sp³-hybridized carbons (Fsp3) is 0.463. The van der Waals surface area contributed by atoms with Gasteiger partial charge in [-0.2, -0.15) is 0 Å². The molecule has 2 aromatic carbocycles. The van der Waals surface area contributed by atoms with E-state index < -0.39 is 18.3 Å². The molecule has 1 unspecified atom stereocenters. The second-order valence-electron chi connectivity index (χ2n) is 15.0. The molecule has 0 bridgehead atoms. The van der Waals surface area contributed by atoms with Crippen LogP contribution in [0.5, 0.6) is 0 Å². The number of carbonyl (C=O) groups excluding carboxylic acids is 4. The number of imidazole rings is 2. The summed E-state index contributed by atoms with van der Waals surface area (Å²) in [4.78, 5) is 70.3. The average molecular weight is 751 g/mol. The van der Waals surface area contributed by atoms with Gasteiger partial charge in [-0.15, -0.1) is 0 Å². The number of benzene rings is 2. The summed E-state index contributed by atoms with van der Waals surface area (Å²) < 4.78 is 9.99. The summed E-state index contributed by atoms with van der Waals surface area (Å²) >= 11 is 0. The van der Waals surface area contributed by atoms with E-state index in [1.807, 2.05) is 24.9 Å². The zero-order chi connectivity index (χ0) is 38.6. The molecule has 290 valence electrons. The van der Waals surface area contributed by atoms with Crippen molar-refractivity contribution in [3.63, 3.8) is 0 Å². The molecule has 55 heavy (non-hydrogen) atoms. The van der Waals surface area contributed by atoms with Crippen molar-refractivity contribution in [3.8, 4) is 33.6 Å². The summed E-state index contributed by atoms with van der Waals surface area (Å²) in [7, 11) is 1.35. The molecule has 4 amide bonds. The number of aromatic nitrogens is 4. The Bertz CT molecular complexity index is 1990. The minimum atomic E-state index is -0.949. The molecular formula is C41H50N8O6. The quantitative estimate of drug-likeness (QED) is 0.134. The number of likely N-dealkylation sites (tertiary alicyclic amines) is 2. The van der Waals surface area contributed by atoms with E-state index in [4.69, 9.17) is 20.2 Å². The van der Waals surface area contributed by atoms with Gasteiger partial charge in [0.05, 0.1) is 43.0 Å². The summed E-state index contributed by atoms with van der Waals surface area (Å²) in [6, 6.07) is 16.2. The first-order valence-electron chi connectivity index (χ1n) is 19.4. The average Bonchev–Trinajstić information content (AvgIpc) is 4.05. The number of hydrogen-bond acceptors (Lipinski definition) is 8. The number of nitrogens with zero attached hydrogens (tertiary/aromatic N) is 4. The van der Waals surface area contributed by atoms with E-state index in [1.165, 1.54) is 7.11 Å². The van der Waals surface area contributed by atoms with Gasteiger partial charge in [0.25, 0.3) is 5.91 Å². The third-order valence-corrected chi connectivity index (χ3v) is 11.6. The third kappa shape index (κ3) is 8.08. The Morgan fingerprint density at radius 3 is 1.87 bits per heavy atom. The number of methoxy groups -OCH3 is 1. The molecule has 2 saturated heterocycles. The van der Waals surface area contributed by atoms with Crippen molar-refractivity contribution in [2.45, 2.75) is 89.4 Å². The maximum Gasteiger partial charge on any atom is 0.407 e. The first-order valence-corrected chi connectivity index (χ1v) is 19.4. The van der Waals surface area contributed by atoms with Crippen LogP contribution in [-0.2, 0) is 19.1 Å². The molecule has 2 aromatic heterocycles. The highest BCUT2D eigenvalue weighted by Crippen LogP contribution is 2.37. The first kappa shape index (κ1) is 37.6. The number of alkyl carbamates (subject to hydrolysis) is 1. The van der Waals surface area contributed by atoms with Crippen molar-refractivity contribution in [1.29, 1.82) is 0 Å². The maximum absolute atomic E-state index is 13.6. The summed E-state index contributed by atoms with van der Waals surface area (Å²) in [5.41, 5.74) is 11.2. The number of nitrogens with two attached hydrogens (primary N) is 1. The van der Waals surface area contributed by atoms with E-state index in [0.717, 1.165) is 78.0 Å². The summed E-state index contributed by atoms with van der Waals surface area (Å²) in [5.74, 6) is 1.11. The van der Waals surface area contributed by atoms with Crippen LogP contribution >= 0.6 is 0 Å². The van der Waals surface area contributed by atoms with Crippen molar-refractivity contribution in [2.24, 2.45) is 17.6 Å². The number of rotatable bonds is 11. The van der Waals surface area contributed by atoms with E-state index in [1.54, 1.807) is 11.1 Å². The molecule has 1 aliphatic carbocycles. The standard InChI is InChI=1S/C41H50N8O6/c1-4-24(2)35(55-40(42)52)39(51)49-20-6-8-34(49)37-44-23-32(47-37)28-15-11-26(12-16-28)25-9-13-27(14-10-25)31-22-43-36(46-31)33-7-5-19-48(33)38(50)29-17-18-30(21-29)45-41(53)54-3/h9-16,22-24,29-30,33-35H,4-8,17-21H2,1-3H3,(H2,42,52)(H,43,46)(H,44,47)(H,45,53)/t24?,29-,30+,33+,34+,35+/m1/s1. The van der Waals surface area contributed by atoms with Gasteiger partial charge in [-0.05, 0) is 73.6 Å². The van der Waals surface area contributed by atoms with Gasteiger partial charge < -0.3 is 40.3 Å². The maximum atomic E-state index is 13.6. The molecule has 4 heterocycles. The second-order valence-corrected chi connectivity index (χ2v) is 15.0. The molecule has 3 fully saturated rings. The lowest BCUT2D eigenvalue weighted by molar-refractivity contribution is -0.144. The summed E-state index contributed by atoms with van der Waals surface area (Å²) in [6.45, 7) is 5.09. The Hall–Kier alpha value is -5.66. The smallest absolute Gasteiger partial charge is 0.407 e. The van der Waals surface area contributed by atoms with E-state index in [-0.39, 0.29) is 41.8 Å². The predicted octanol–water partition coefficient (Wildman–Crippen LogP) is 6.50. The highest BCUT2D eigenvalue weighted by atomic mass is 16.6. The van der Waals surface area contributed by atoms with Gasteiger partial charge in [0.2, 0.25) is 5.91 Å². The van der Waals surface area contributed by atoms with Crippen LogP contribution in [-0.4, -0.2) is 86.1 Å². The van der Waals surface area contributed by atoms with Crippen LogP contribution in [0.3, 0.4) is 0 Å². The van der Waals surface area contributed by atoms with Crippen LogP contribution in [0.4, 0.5) is 9.59 Å². The highest BCUT2D eigenvalue weighted by molar-refractivity contribution is 5.84. The monoisotopic (exact) mass is 750 g/mol. The van der Waals surface area contributed by atoms with E-state index >= 15 is 0 Å². The molecule has 5 N–H and O–H groups in total. The molecule has 7 rings (SSSR count). The van der Waals surface area contributed by atoms with E-state index in [9.17, 15) is 19.2 Å². The number of nitrogens with one attached hydrogen (secondary N) is 3. The van der Waals surface area contributed by atoms with Gasteiger partial charge in [-0.3, -0.25) is 9.59 Å². The number of aromatic amines is 2. The Morgan fingerprint density at radius 2 is 1.35 bits per heavy atom. The Kier molecular flexibility index (Phi) is 11.2. The van der Waals surface area contributed by atoms with Crippen LogP contribution in [0.1, 0.15) is 88.9 Å². The summed E-state index contributed by atoms with van der Waals surface area (Å²) in [6.07, 6.45) is 7.48. The predicted molar refractivity (Wildman–Crippen MR) is 205 cm³/mol. The van der Waals surface area contributed by atoms with Gasteiger partial charge in [-0.1, -0.05) is 62.4 Å². The number of hydrogen-bond donors (Lipinski definition) is 4. The topological polar surface area (TPSA) is 189 Å². The molecule has 3 aliphatic rings. The molecule has 0 spiro atoms. The fourth-order valence-electron chi connectivity index (χ4n) is 8.33. The Morgan fingerprint density at radius 1 is 0.818 bits per heavy atom. The fourth-order valence-corrected chi connectivity index (χ4v) is 8.33. The lowest BCUT2D eigenvalue weighted by Crippen LogP contribution is -2.45. The molecular weight excluding hydrogens is 701 g/mol. The molecule has 14 nitrogen and oxygen atoms in total. The van der Waals surface area contributed by atoms with Gasteiger partial charge in [0.1, 0.15) is 11.6 Å². The van der Waals surface area contributed by atoms with Crippen molar-refractivity contribution in [1.82, 2.24) is 35.1 Å². The minimum absolute atomic E-state index is 0.0435. The molecule has 1 saturated carbocycles. The number of amides is 4. The number of carbonyl (C=O) groups is 4. The largest absolute Gasteiger partial charge is 0.453 e. The number of primary amides is 1. The second kappa shape index (κ2) is 16.4. The third-order valence-electron chi connectivity index (χ3n) is 11.6. The number of H-pyrrole nitrogens is 2. The van der Waals surface area contributed by atoms with Gasteiger partial charge >= 0.3 is 12.2 Å². The van der Waals surface area contributed by atoms with Crippen LogP contribution in [0.15, 0.2) is 60.9 Å². The lowest BCUT2D eigenvalue weighted by Gasteiger charge is -2.29. The molecule has 0 radical (unpaired) electrons. The number of ether oxygens (including phenoxy) is 2. The lowest BCUT2D eigenvalue weighted by atomic mass is 10.00. The first-order chi connectivity index (χ1) is 26.6. The molecule has 2 aliphatic heterocycles. The zero-order valence-electron chi connectivity index (χ0n) is 31.6. The van der Waals surface area contributed by atoms with Gasteiger partial charge in [0, 0.05) is 31.0 Å². The van der Waals surface area contributed by atoms with Crippen LogP contribution in [0.25, 0.3) is 33.6 Å². The van der Waals surface area contributed by atoms with Gasteiger partial charge in [0.15, 0.2) is 6.10 Å². The molecule has 6 atom stereocenters. The van der Waals surface area contributed by atoms with Crippen molar-refractivity contribution >= 4 is 24.0 Å². The SMILES string of the molecule is CCC(C)[C@H](OC(N)=O)C(=O)N1CCC[C@H]1c1ncc(-c2ccc(-c3ccc(-c4cnc([C@@H]5CCCN5C(=O)[C@@H]5CC[C@H](NC(=O)OC)C5)[nH]4)cc3)cc2)[nH]1. The van der Waals surface area contributed by atoms with Crippen LogP contribution in [0.2, 0.25) is 0 Å². The summed E-state index contributed by atoms with van der Waals surface area (Å²) in [5, 5.41) is 2.84. The Balaban J connectivity index is 0.978. The van der Waals surface area contributed by atoms with Crippen LogP contribution < -0.4 is 11.1 Å². The molecule has 14 heteroatoms.